The molecule has 7 rings (SSSR count). The van der Waals surface area contributed by atoms with Crippen LogP contribution in [0.1, 0.15) is 89.1 Å². The Morgan fingerprint density at radius 3 is 2.45 bits per heavy atom. The summed E-state index contributed by atoms with van der Waals surface area (Å²) < 4.78 is 49.2. The van der Waals surface area contributed by atoms with E-state index in [1.165, 1.54) is 6.07 Å². The van der Waals surface area contributed by atoms with E-state index in [1.807, 2.05) is 23.1 Å². The summed E-state index contributed by atoms with van der Waals surface area (Å²) >= 11 is 5.72. The molecule has 2 N–H and O–H groups in total. The Labute approximate surface area is 351 Å². The number of anilines is 2. The van der Waals surface area contributed by atoms with Gasteiger partial charge in [0.2, 0.25) is 17.7 Å². The largest absolute Gasteiger partial charge is 0.419 e. The first-order chi connectivity index (χ1) is 28.4. The summed E-state index contributed by atoms with van der Waals surface area (Å²) in [6, 6.07) is 7.81. The molecule has 1 aliphatic carbocycles. The van der Waals surface area contributed by atoms with Crippen molar-refractivity contribution in [2.45, 2.75) is 108 Å². The highest BCUT2D eigenvalue weighted by Gasteiger charge is 2.53. The summed E-state index contributed by atoms with van der Waals surface area (Å²) in [6.07, 6.45) is -0.304. The number of carbonyl (C=O) groups excluding carboxylic acids is 4. The molecule has 0 bridgehead atoms. The van der Waals surface area contributed by atoms with Gasteiger partial charge in [0.1, 0.15) is 11.6 Å². The number of nitrogens with zero attached hydrogens (tertiary/aromatic N) is 8. The van der Waals surface area contributed by atoms with Crippen LogP contribution in [-0.4, -0.2) is 121 Å². The topological polar surface area (TPSA) is 169 Å². The molecule has 4 aliphatic rings. The van der Waals surface area contributed by atoms with Gasteiger partial charge in [0.25, 0.3) is 5.91 Å². The number of piperazine rings is 1. The number of thiocarbonyl (C=S) groups is 1. The molecule has 0 spiro atoms. The third kappa shape index (κ3) is 8.34. The predicted molar refractivity (Wildman–Crippen MR) is 218 cm³/mol. The number of hydrogen-bond acceptors (Lipinski definition) is 11. The number of ether oxygens (including phenoxy) is 1. The average Bonchev–Trinajstić information content (AvgIpc) is 3.61. The molecule has 3 atom stereocenters. The molecular formula is C41H49F3N10O5S. The molecule has 5 heterocycles. The van der Waals surface area contributed by atoms with Crippen LogP contribution in [0.3, 0.4) is 0 Å². The van der Waals surface area contributed by atoms with Crippen molar-refractivity contribution in [3.05, 3.63) is 47.4 Å². The van der Waals surface area contributed by atoms with Crippen molar-refractivity contribution in [2.24, 2.45) is 7.05 Å². The third-order valence-electron chi connectivity index (χ3n) is 12.3. The van der Waals surface area contributed by atoms with Crippen molar-refractivity contribution >= 4 is 63.2 Å². The molecule has 3 aromatic rings. The number of amides is 4. The molecule has 2 aromatic heterocycles. The molecule has 1 saturated carbocycles. The van der Waals surface area contributed by atoms with Crippen molar-refractivity contribution < 1.29 is 37.1 Å². The highest BCUT2D eigenvalue weighted by Crippen LogP contribution is 2.40. The quantitative estimate of drug-likeness (QED) is 0.218. The van der Waals surface area contributed by atoms with Crippen molar-refractivity contribution in [3.63, 3.8) is 0 Å². The minimum absolute atomic E-state index is 0.00761. The monoisotopic (exact) mass is 850 g/mol. The molecule has 4 amide bonds. The standard InChI is InChI=1S/C41H49F3N10O5S/c1-23-20-51(21-24(2)52(23)22-34(56)47-31-8-6-7-28-35(49-50(5)36(28)31)29-13-14-33(55)48-37(29)57)15-16-59-27-11-9-25(10-12-27)54-39(60)53(38(58)40(54,3)4)26-17-30(41(42,43)44)32(18-45)46-19-26/h6-8,17,19,23-25,27,29H,9-16,20-22H2,1-5H3,(H,47,56)(H,48,55,57)/t23-,24+,25-,27-,29?. The lowest BCUT2D eigenvalue weighted by atomic mass is 9.89. The van der Waals surface area contributed by atoms with Gasteiger partial charge in [0.15, 0.2) is 10.8 Å². The van der Waals surface area contributed by atoms with Crippen LogP contribution in [0.25, 0.3) is 10.9 Å². The average molecular weight is 851 g/mol. The SMILES string of the molecule is C[C@@H]1CN(CCO[C@H]2CC[C@H](N3C(=S)N(c4cnc(C#N)c(C(F)(F)F)c4)C(=O)C3(C)C)CC2)C[C@H](C)N1CC(=O)Nc1cccc2c(C3CCC(=O)NC3=O)nn(C)c12. The number of benzene rings is 1. The maximum absolute atomic E-state index is 13.7. The van der Waals surface area contributed by atoms with Crippen LogP contribution in [0, 0.1) is 11.3 Å². The van der Waals surface area contributed by atoms with Gasteiger partial charge >= 0.3 is 6.18 Å². The zero-order valence-corrected chi connectivity index (χ0v) is 35.0. The van der Waals surface area contributed by atoms with Crippen LogP contribution in [-0.2, 0) is 37.1 Å². The smallest absolute Gasteiger partial charge is 0.377 e. The van der Waals surface area contributed by atoms with Gasteiger partial charge in [-0.3, -0.25) is 43.9 Å². The lowest BCUT2D eigenvalue weighted by molar-refractivity contribution is -0.138. The fourth-order valence-corrected chi connectivity index (χ4v) is 9.91. The second-order valence-electron chi connectivity index (χ2n) is 16.7. The van der Waals surface area contributed by atoms with Gasteiger partial charge in [-0.25, -0.2) is 4.98 Å². The van der Waals surface area contributed by atoms with E-state index in [9.17, 15) is 37.6 Å². The molecule has 1 aromatic carbocycles. The van der Waals surface area contributed by atoms with Gasteiger partial charge in [0, 0.05) is 56.6 Å². The van der Waals surface area contributed by atoms with Gasteiger partial charge in [-0.2, -0.15) is 23.5 Å². The summed E-state index contributed by atoms with van der Waals surface area (Å²) in [7, 11) is 1.77. The number of rotatable bonds is 10. The number of hydrogen-bond donors (Lipinski definition) is 2. The Kier molecular flexibility index (Phi) is 12.1. The lowest BCUT2D eigenvalue weighted by Gasteiger charge is -2.44. The molecule has 19 heteroatoms. The Balaban J connectivity index is 0.884. The highest BCUT2D eigenvalue weighted by atomic mass is 32.1. The summed E-state index contributed by atoms with van der Waals surface area (Å²) in [4.78, 5) is 62.6. The van der Waals surface area contributed by atoms with Crippen molar-refractivity contribution in [1.82, 2.24) is 34.8 Å². The van der Waals surface area contributed by atoms with Crippen molar-refractivity contribution in [1.29, 1.82) is 5.26 Å². The Morgan fingerprint density at radius 2 is 1.80 bits per heavy atom. The van der Waals surface area contributed by atoms with Crippen LogP contribution in [0.4, 0.5) is 24.5 Å². The fraction of sp³-hybridized carbons (Fsp3) is 0.561. The molecule has 3 saturated heterocycles. The van der Waals surface area contributed by atoms with Crippen LogP contribution in [0.15, 0.2) is 30.5 Å². The van der Waals surface area contributed by atoms with Gasteiger partial charge in [-0.15, -0.1) is 0 Å². The normalized spacial score (nSPS) is 25.5. The van der Waals surface area contributed by atoms with Crippen molar-refractivity contribution in [3.8, 4) is 6.07 Å². The van der Waals surface area contributed by atoms with Gasteiger partial charge < -0.3 is 15.0 Å². The van der Waals surface area contributed by atoms with Gasteiger partial charge in [0.05, 0.1) is 59.5 Å². The molecule has 3 aliphatic heterocycles. The minimum atomic E-state index is -4.83. The molecule has 4 fully saturated rings. The number of para-hydroxylation sites is 1. The first-order valence-electron chi connectivity index (χ1n) is 20.2. The van der Waals surface area contributed by atoms with E-state index in [0.717, 1.165) is 55.0 Å². The molecule has 320 valence electrons. The fourth-order valence-electron chi connectivity index (χ4n) is 9.34. The maximum Gasteiger partial charge on any atom is 0.419 e. The molecule has 1 unspecified atom stereocenters. The van der Waals surface area contributed by atoms with Crippen LogP contribution in [0.2, 0.25) is 0 Å². The first-order valence-corrected chi connectivity index (χ1v) is 20.6. The second-order valence-corrected chi connectivity index (χ2v) is 17.1. The molecular weight excluding hydrogens is 802 g/mol. The van der Waals surface area contributed by atoms with E-state index in [1.54, 1.807) is 25.6 Å². The number of aryl methyl sites for hydroxylation is 1. The van der Waals surface area contributed by atoms with Gasteiger partial charge in [-0.1, -0.05) is 12.1 Å². The zero-order valence-electron chi connectivity index (χ0n) is 34.2. The number of imide groups is 1. The number of halogens is 3. The maximum atomic E-state index is 13.7. The number of piperidine rings is 1. The molecule has 15 nitrogen and oxygen atoms in total. The lowest BCUT2D eigenvalue weighted by Crippen LogP contribution is -2.58. The van der Waals surface area contributed by atoms with Crippen LogP contribution in [0.5, 0.6) is 0 Å². The second kappa shape index (κ2) is 16.8. The van der Waals surface area contributed by atoms with Crippen LogP contribution < -0.4 is 15.5 Å². The highest BCUT2D eigenvalue weighted by molar-refractivity contribution is 7.80. The van der Waals surface area contributed by atoms with E-state index in [4.69, 9.17) is 17.0 Å². The zero-order chi connectivity index (χ0) is 43.3. The number of fused-ring (bicyclic) bond motifs is 1. The number of pyridine rings is 1. The van der Waals surface area contributed by atoms with E-state index in [-0.39, 0.29) is 65.7 Å². The first kappa shape index (κ1) is 43.1. The van der Waals surface area contributed by atoms with E-state index >= 15 is 0 Å². The molecule has 0 radical (unpaired) electrons. The summed E-state index contributed by atoms with van der Waals surface area (Å²) in [6.45, 7) is 10.6. The summed E-state index contributed by atoms with van der Waals surface area (Å²) in [5, 5.41) is 20.1. The summed E-state index contributed by atoms with van der Waals surface area (Å²) in [5.74, 6) is -1.82. The molecule has 60 heavy (non-hydrogen) atoms. The van der Waals surface area contributed by atoms with E-state index in [2.05, 4.69) is 44.4 Å². The Morgan fingerprint density at radius 1 is 1.10 bits per heavy atom. The van der Waals surface area contributed by atoms with Gasteiger partial charge in [-0.05, 0) is 84.1 Å². The third-order valence-corrected chi connectivity index (χ3v) is 12.7. The Hall–Kier alpha value is -5.03. The Bertz CT molecular complexity index is 2240. The minimum Gasteiger partial charge on any atom is -0.377 e. The number of aromatic nitrogens is 3. The number of nitriles is 1. The van der Waals surface area contributed by atoms with Crippen molar-refractivity contribution in [2.75, 3.05) is 43.0 Å². The number of carbonyl (C=O) groups is 4. The van der Waals surface area contributed by atoms with E-state index < -0.39 is 34.8 Å². The van der Waals surface area contributed by atoms with Crippen LogP contribution >= 0.6 is 12.2 Å². The number of alkyl halides is 3. The van der Waals surface area contributed by atoms with E-state index in [0.29, 0.717) is 42.8 Å². The predicted octanol–water partition coefficient (Wildman–Crippen LogP) is 4.45. The summed E-state index contributed by atoms with van der Waals surface area (Å²) in [5.41, 5.74) is -1.33. The number of nitrogens with one attached hydrogen (secondary N) is 2.